The standard InChI is InChI=1S/C22H40O6Si/c1-9-26-20(24)14-10-12-18(3)27-21(25)15-11-13-19(16-17(2)23)28-29(7,8)22(4,5)6/h10-11,14-15,17-19,23H,9,12-13,16H2,1-8H3/b14-10+,15-11+/t17-,18-,19+/m1/s1. The lowest BCUT2D eigenvalue weighted by Gasteiger charge is -2.39. The van der Waals surface area contributed by atoms with Gasteiger partial charge >= 0.3 is 11.9 Å². The summed E-state index contributed by atoms with van der Waals surface area (Å²) < 4.78 is 16.5. The fourth-order valence-electron chi connectivity index (χ4n) is 2.31. The van der Waals surface area contributed by atoms with Crippen LogP contribution in [-0.2, 0) is 23.5 Å². The predicted octanol–water partition coefficient (Wildman–Crippen LogP) is 4.54. The van der Waals surface area contributed by atoms with E-state index in [1.807, 2.05) is 0 Å². The smallest absolute Gasteiger partial charge is 0.330 e. The molecule has 0 rings (SSSR count). The lowest BCUT2D eigenvalue weighted by molar-refractivity contribution is -0.142. The Balaban J connectivity index is 4.64. The molecule has 6 nitrogen and oxygen atoms in total. The molecule has 168 valence electrons. The molecule has 0 aromatic heterocycles. The van der Waals surface area contributed by atoms with E-state index >= 15 is 0 Å². The molecule has 0 saturated heterocycles. The fraction of sp³-hybridized carbons (Fsp3) is 0.727. The van der Waals surface area contributed by atoms with Crippen LogP contribution < -0.4 is 0 Å². The van der Waals surface area contributed by atoms with E-state index in [0.29, 0.717) is 25.9 Å². The van der Waals surface area contributed by atoms with Crippen molar-refractivity contribution in [1.29, 1.82) is 0 Å². The summed E-state index contributed by atoms with van der Waals surface area (Å²) in [7, 11) is -1.98. The van der Waals surface area contributed by atoms with Gasteiger partial charge in [0, 0.05) is 18.6 Å². The van der Waals surface area contributed by atoms with E-state index < -0.39 is 26.4 Å². The van der Waals surface area contributed by atoms with E-state index in [-0.39, 0.29) is 17.2 Å². The Hall–Kier alpha value is -1.44. The number of aliphatic hydroxyl groups is 1. The highest BCUT2D eigenvalue weighted by atomic mass is 28.4. The molecule has 0 heterocycles. The second-order valence-corrected chi connectivity index (χ2v) is 13.6. The Bertz CT molecular complexity index is 560. The molecule has 0 aliphatic carbocycles. The maximum Gasteiger partial charge on any atom is 0.330 e. The maximum absolute atomic E-state index is 12.0. The van der Waals surface area contributed by atoms with Crippen LogP contribution in [0.4, 0.5) is 0 Å². The van der Waals surface area contributed by atoms with Crippen LogP contribution in [0.25, 0.3) is 0 Å². The summed E-state index contributed by atoms with van der Waals surface area (Å²) in [4.78, 5) is 23.2. The highest BCUT2D eigenvalue weighted by Crippen LogP contribution is 2.38. The summed E-state index contributed by atoms with van der Waals surface area (Å²) in [6, 6.07) is 0. The molecule has 0 spiro atoms. The molecule has 0 bridgehead atoms. The van der Waals surface area contributed by atoms with Crippen molar-refractivity contribution in [2.24, 2.45) is 0 Å². The first-order valence-electron chi connectivity index (χ1n) is 10.3. The fourth-order valence-corrected chi connectivity index (χ4v) is 3.69. The van der Waals surface area contributed by atoms with E-state index in [1.54, 1.807) is 32.9 Å². The third-order valence-corrected chi connectivity index (χ3v) is 9.39. The number of carbonyl (C=O) groups excluding carboxylic acids is 2. The zero-order chi connectivity index (χ0) is 22.7. The van der Waals surface area contributed by atoms with E-state index in [0.717, 1.165) is 0 Å². The average molecular weight is 429 g/mol. The summed E-state index contributed by atoms with van der Waals surface area (Å²) in [5, 5.41) is 9.85. The number of esters is 2. The van der Waals surface area contributed by atoms with Crippen molar-refractivity contribution in [3.63, 3.8) is 0 Å². The van der Waals surface area contributed by atoms with Crippen LogP contribution in [0, 0.1) is 0 Å². The van der Waals surface area contributed by atoms with Crippen molar-refractivity contribution in [2.75, 3.05) is 6.61 Å². The SMILES string of the molecule is CCOC(=O)/C=C/C[C@@H](C)OC(=O)/C=C/C[C@@H](C[C@@H](C)O)O[Si](C)(C)C(C)(C)C. The van der Waals surface area contributed by atoms with Gasteiger partial charge in [0.05, 0.1) is 18.8 Å². The van der Waals surface area contributed by atoms with Crippen molar-refractivity contribution in [3.05, 3.63) is 24.3 Å². The molecule has 0 saturated carbocycles. The van der Waals surface area contributed by atoms with Crippen molar-refractivity contribution in [1.82, 2.24) is 0 Å². The second-order valence-electron chi connectivity index (χ2n) is 8.86. The van der Waals surface area contributed by atoms with Gasteiger partial charge in [0.15, 0.2) is 8.32 Å². The van der Waals surface area contributed by atoms with E-state index in [9.17, 15) is 14.7 Å². The number of rotatable bonds is 12. The van der Waals surface area contributed by atoms with Crippen molar-refractivity contribution < 1.29 is 28.6 Å². The Morgan fingerprint density at radius 3 is 2.10 bits per heavy atom. The molecule has 3 atom stereocenters. The van der Waals surface area contributed by atoms with Crippen molar-refractivity contribution in [3.8, 4) is 0 Å². The normalized spacial score (nSPS) is 16.0. The van der Waals surface area contributed by atoms with E-state index in [2.05, 4.69) is 33.9 Å². The summed E-state index contributed by atoms with van der Waals surface area (Å²) in [6.07, 6.45) is 6.60. The Morgan fingerprint density at radius 2 is 1.59 bits per heavy atom. The van der Waals surface area contributed by atoms with Crippen LogP contribution in [0.3, 0.4) is 0 Å². The van der Waals surface area contributed by atoms with Gasteiger partial charge in [-0.15, -0.1) is 0 Å². The maximum atomic E-state index is 12.0. The Morgan fingerprint density at radius 1 is 1.03 bits per heavy atom. The van der Waals surface area contributed by atoms with Gasteiger partial charge < -0.3 is 19.0 Å². The Labute approximate surface area is 177 Å². The van der Waals surface area contributed by atoms with Gasteiger partial charge in [-0.3, -0.25) is 0 Å². The van der Waals surface area contributed by atoms with Gasteiger partial charge in [0.1, 0.15) is 6.10 Å². The van der Waals surface area contributed by atoms with Gasteiger partial charge in [0.2, 0.25) is 0 Å². The molecule has 29 heavy (non-hydrogen) atoms. The minimum Gasteiger partial charge on any atom is -0.463 e. The molecule has 7 heteroatoms. The van der Waals surface area contributed by atoms with Gasteiger partial charge in [-0.2, -0.15) is 0 Å². The lowest BCUT2D eigenvalue weighted by atomic mass is 10.1. The topological polar surface area (TPSA) is 82.1 Å². The van der Waals surface area contributed by atoms with Crippen LogP contribution >= 0.6 is 0 Å². The quantitative estimate of drug-likeness (QED) is 0.279. The van der Waals surface area contributed by atoms with E-state index in [1.165, 1.54) is 12.2 Å². The third-order valence-electron chi connectivity index (χ3n) is 4.85. The largest absolute Gasteiger partial charge is 0.463 e. The molecule has 0 aromatic carbocycles. The minimum atomic E-state index is -1.98. The molecule has 0 fully saturated rings. The average Bonchev–Trinajstić information content (AvgIpc) is 2.52. The second kappa shape index (κ2) is 13.0. The van der Waals surface area contributed by atoms with Crippen molar-refractivity contribution >= 4 is 20.3 Å². The van der Waals surface area contributed by atoms with Gasteiger partial charge in [-0.25, -0.2) is 9.59 Å². The summed E-state index contributed by atoms with van der Waals surface area (Å²) in [5.74, 6) is -0.845. The number of ether oxygens (including phenoxy) is 2. The highest BCUT2D eigenvalue weighted by Gasteiger charge is 2.39. The zero-order valence-corrected chi connectivity index (χ0v) is 20.4. The first-order valence-corrected chi connectivity index (χ1v) is 13.3. The summed E-state index contributed by atoms with van der Waals surface area (Å²) in [6.45, 7) is 16.4. The molecule has 0 amide bonds. The first kappa shape index (κ1) is 27.6. The minimum absolute atomic E-state index is 0.0685. The molecular weight excluding hydrogens is 388 g/mol. The third kappa shape index (κ3) is 12.7. The van der Waals surface area contributed by atoms with Crippen LogP contribution in [0.1, 0.15) is 60.8 Å². The van der Waals surface area contributed by atoms with Crippen LogP contribution in [0.5, 0.6) is 0 Å². The number of hydrogen-bond donors (Lipinski definition) is 1. The number of aliphatic hydroxyl groups excluding tert-OH is 1. The summed E-state index contributed by atoms with van der Waals surface area (Å²) in [5.41, 5.74) is 0. The molecule has 0 unspecified atom stereocenters. The van der Waals surface area contributed by atoms with Crippen LogP contribution in [0.15, 0.2) is 24.3 Å². The van der Waals surface area contributed by atoms with Gasteiger partial charge in [-0.1, -0.05) is 32.9 Å². The van der Waals surface area contributed by atoms with E-state index in [4.69, 9.17) is 13.9 Å². The highest BCUT2D eigenvalue weighted by molar-refractivity contribution is 6.74. The Kier molecular flexibility index (Phi) is 12.3. The van der Waals surface area contributed by atoms with Crippen molar-refractivity contribution in [2.45, 2.75) is 97.2 Å². The molecular formula is C22H40O6Si. The molecule has 1 N–H and O–H groups in total. The monoisotopic (exact) mass is 428 g/mol. The molecule has 0 radical (unpaired) electrons. The van der Waals surface area contributed by atoms with Gasteiger partial charge in [-0.05, 0) is 51.7 Å². The molecule has 0 aliphatic heterocycles. The van der Waals surface area contributed by atoms with Crippen LogP contribution in [-0.4, -0.2) is 50.3 Å². The summed E-state index contributed by atoms with van der Waals surface area (Å²) >= 11 is 0. The number of hydrogen-bond acceptors (Lipinski definition) is 6. The lowest BCUT2D eigenvalue weighted by Crippen LogP contribution is -2.44. The molecule has 0 aromatic rings. The molecule has 0 aliphatic rings. The number of carbonyl (C=O) groups is 2. The zero-order valence-electron chi connectivity index (χ0n) is 19.4. The predicted molar refractivity (Wildman–Crippen MR) is 118 cm³/mol. The van der Waals surface area contributed by atoms with Gasteiger partial charge in [0.25, 0.3) is 0 Å². The first-order chi connectivity index (χ1) is 13.3. The van der Waals surface area contributed by atoms with Crippen LogP contribution in [0.2, 0.25) is 18.1 Å².